The molecule has 0 unspecified atom stereocenters. The van der Waals surface area contributed by atoms with E-state index in [1.165, 1.54) is 12.1 Å². The van der Waals surface area contributed by atoms with Gasteiger partial charge in [0, 0.05) is 17.8 Å². The first-order valence-electron chi connectivity index (χ1n) is 5.15. The minimum absolute atomic E-state index is 0.218. The average Bonchev–Trinajstić information content (AvgIpc) is 2.30. The summed E-state index contributed by atoms with van der Waals surface area (Å²) < 4.78 is 12.7. The molecule has 0 aromatic heterocycles. The quantitative estimate of drug-likeness (QED) is 0.810. The topological polar surface area (TPSA) is 38.4 Å². The lowest BCUT2D eigenvalue weighted by Gasteiger charge is -2.04. The van der Waals surface area contributed by atoms with Crippen LogP contribution in [-0.2, 0) is 6.54 Å². The summed E-state index contributed by atoms with van der Waals surface area (Å²) in [4.78, 5) is 4.42. The Morgan fingerprint density at radius 2 is 1.94 bits per heavy atom. The highest BCUT2D eigenvalue weighted by atomic mass is 19.1. The van der Waals surface area contributed by atoms with Gasteiger partial charge in [0.05, 0.1) is 6.54 Å². The molecule has 82 valence electrons. The Balaban J connectivity index is 2.00. The van der Waals surface area contributed by atoms with E-state index in [4.69, 9.17) is 5.73 Å². The van der Waals surface area contributed by atoms with E-state index in [9.17, 15) is 4.39 Å². The summed E-state index contributed by atoms with van der Waals surface area (Å²) in [7, 11) is 0. The summed E-state index contributed by atoms with van der Waals surface area (Å²) in [5, 5.41) is 0. The molecule has 1 aliphatic rings. The fourth-order valence-corrected chi connectivity index (χ4v) is 1.45. The third-order valence-electron chi connectivity index (χ3n) is 2.39. The molecule has 0 aliphatic heterocycles. The van der Waals surface area contributed by atoms with Gasteiger partial charge in [0.25, 0.3) is 0 Å². The highest BCUT2D eigenvalue weighted by Crippen LogP contribution is 2.07. The summed E-state index contributed by atoms with van der Waals surface area (Å²) >= 11 is 0. The number of aliphatic imine (C=N–C) groups is 1. The molecule has 16 heavy (non-hydrogen) atoms. The second-order valence-corrected chi connectivity index (χ2v) is 3.68. The van der Waals surface area contributed by atoms with Crippen LogP contribution in [0, 0.1) is 5.82 Å². The number of nitrogens with zero attached hydrogens (tertiary/aromatic N) is 1. The SMILES string of the molecule is NC1=CCC(=NCc2ccc(F)cc2)C=C1. The minimum Gasteiger partial charge on any atom is -0.399 e. The van der Waals surface area contributed by atoms with Crippen LogP contribution in [0.3, 0.4) is 0 Å². The van der Waals surface area contributed by atoms with Crippen molar-refractivity contribution in [2.45, 2.75) is 13.0 Å². The van der Waals surface area contributed by atoms with Crippen molar-refractivity contribution in [2.75, 3.05) is 0 Å². The van der Waals surface area contributed by atoms with Crippen LogP contribution >= 0.6 is 0 Å². The maximum Gasteiger partial charge on any atom is 0.123 e. The lowest BCUT2D eigenvalue weighted by Crippen LogP contribution is -2.03. The van der Waals surface area contributed by atoms with E-state index in [2.05, 4.69) is 4.99 Å². The number of halogens is 1. The van der Waals surface area contributed by atoms with Crippen LogP contribution in [0.15, 0.2) is 53.2 Å². The first-order valence-corrected chi connectivity index (χ1v) is 5.15. The van der Waals surface area contributed by atoms with E-state index in [0.29, 0.717) is 6.54 Å². The van der Waals surface area contributed by atoms with Gasteiger partial charge < -0.3 is 5.73 Å². The van der Waals surface area contributed by atoms with Crippen molar-refractivity contribution >= 4 is 5.71 Å². The van der Waals surface area contributed by atoms with Crippen LogP contribution in [0.1, 0.15) is 12.0 Å². The Morgan fingerprint density at radius 3 is 2.56 bits per heavy atom. The Morgan fingerprint density at radius 1 is 1.19 bits per heavy atom. The van der Waals surface area contributed by atoms with E-state index in [1.807, 2.05) is 18.2 Å². The molecule has 1 aromatic rings. The smallest absolute Gasteiger partial charge is 0.123 e. The van der Waals surface area contributed by atoms with E-state index < -0.39 is 0 Å². The van der Waals surface area contributed by atoms with Gasteiger partial charge in [-0.05, 0) is 29.8 Å². The number of hydrogen-bond acceptors (Lipinski definition) is 2. The summed E-state index contributed by atoms with van der Waals surface area (Å²) in [6.45, 7) is 0.577. The second-order valence-electron chi connectivity index (χ2n) is 3.68. The van der Waals surface area contributed by atoms with Gasteiger partial charge in [-0.2, -0.15) is 0 Å². The molecule has 0 spiro atoms. The number of hydrogen-bond donors (Lipinski definition) is 1. The van der Waals surface area contributed by atoms with E-state index >= 15 is 0 Å². The molecule has 0 bridgehead atoms. The van der Waals surface area contributed by atoms with Gasteiger partial charge in [-0.15, -0.1) is 0 Å². The van der Waals surface area contributed by atoms with Gasteiger partial charge in [0.2, 0.25) is 0 Å². The standard InChI is InChI=1S/C13H13FN2/c14-11-3-1-10(2-4-11)9-16-13-7-5-12(15)6-8-13/h1-7H,8-9,15H2. The fourth-order valence-electron chi connectivity index (χ4n) is 1.45. The van der Waals surface area contributed by atoms with Crippen molar-refractivity contribution in [2.24, 2.45) is 10.7 Å². The summed E-state index contributed by atoms with van der Waals surface area (Å²) in [5.41, 5.74) is 8.38. The zero-order chi connectivity index (χ0) is 11.4. The maximum atomic E-state index is 12.7. The van der Waals surface area contributed by atoms with Crippen LogP contribution < -0.4 is 5.73 Å². The zero-order valence-corrected chi connectivity index (χ0v) is 8.86. The first kappa shape index (κ1) is 10.6. The van der Waals surface area contributed by atoms with Crippen LogP contribution in [0.2, 0.25) is 0 Å². The number of nitrogens with two attached hydrogens (primary N) is 1. The Kier molecular flexibility index (Phi) is 3.15. The van der Waals surface area contributed by atoms with Crippen molar-refractivity contribution in [3.05, 3.63) is 59.6 Å². The van der Waals surface area contributed by atoms with Gasteiger partial charge in [0.15, 0.2) is 0 Å². The number of rotatable bonds is 2. The summed E-state index contributed by atoms with van der Waals surface area (Å²) in [6, 6.07) is 6.39. The third-order valence-corrected chi connectivity index (χ3v) is 2.39. The molecule has 1 aliphatic carbocycles. The van der Waals surface area contributed by atoms with Crippen LogP contribution in [-0.4, -0.2) is 5.71 Å². The monoisotopic (exact) mass is 216 g/mol. The Labute approximate surface area is 94.0 Å². The molecule has 0 radical (unpaired) electrons. The predicted molar refractivity (Wildman–Crippen MR) is 63.6 cm³/mol. The van der Waals surface area contributed by atoms with Gasteiger partial charge in [0.1, 0.15) is 5.82 Å². The molecule has 2 N–H and O–H groups in total. The van der Waals surface area contributed by atoms with Crippen molar-refractivity contribution in [1.29, 1.82) is 0 Å². The lowest BCUT2D eigenvalue weighted by atomic mass is 10.1. The average molecular weight is 216 g/mol. The molecule has 0 atom stereocenters. The normalized spacial score (nSPS) is 17.6. The molecule has 3 heteroatoms. The molecule has 0 amide bonds. The molecular formula is C13H13FN2. The van der Waals surface area contributed by atoms with Gasteiger partial charge >= 0.3 is 0 Å². The molecule has 0 heterocycles. The zero-order valence-electron chi connectivity index (χ0n) is 8.86. The summed E-state index contributed by atoms with van der Waals surface area (Å²) in [5.74, 6) is -0.218. The first-order chi connectivity index (χ1) is 7.74. The highest BCUT2D eigenvalue weighted by Gasteiger charge is 1.99. The van der Waals surface area contributed by atoms with E-state index in [-0.39, 0.29) is 5.82 Å². The maximum absolute atomic E-state index is 12.7. The molecule has 2 nitrogen and oxygen atoms in total. The number of allylic oxidation sites excluding steroid dienone is 3. The molecular weight excluding hydrogens is 203 g/mol. The van der Waals surface area contributed by atoms with Gasteiger partial charge in [-0.3, -0.25) is 4.99 Å². The van der Waals surface area contributed by atoms with Crippen LogP contribution in [0.25, 0.3) is 0 Å². The van der Waals surface area contributed by atoms with Gasteiger partial charge in [-0.1, -0.05) is 18.2 Å². The highest BCUT2D eigenvalue weighted by molar-refractivity contribution is 5.97. The predicted octanol–water partition coefficient (Wildman–Crippen LogP) is 2.57. The van der Waals surface area contributed by atoms with Gasteiger partial charge in [-0.25, -0.2) is 4.39 Å². The molecule has 0 saturated carbocycles. The van der Waals surface area contributed by atoms with Crippen LogP contribution in [0.5, 0.6) is 0 Å². The van der Waals surface area contributed by atoms with Crippen molar-refractivity contribution < 1.29 is 4.39 Å². The van der Waals surface area contributed by atoms with Crippen molar-refractivity contribution in [3.8, 4) is 0 Å². The second kappa shape index (κ2) is 4.75. The third kappa shape index (κ3) is 2.79. The number of benzene rings is 1. The Hall–Kier alpha value is -1.90. The fraction of sp³-hybridized carbons (Fsp3) is 0.154. The molecule has 2 rings (SSSR count). The van der Waals surface area contributed by atoms with Crippen LogP contribution in [0.4, 0.5) is 4.39 Å². The summed E-state index contributed by atoms with van der Waals surface area (Å²) in [6.07, 6.45) is 6.46. The van der Waals surface area contributed by atoms with Crippen molar-refractivity contribution in [1.82, 2.24) is 0 Å². The largest absolute Gasteiger partial charge is 0.399 e. The minimum atomic E-state index is -0.218. The van der Waals surface area contributed by atoms with E-state index in [1.54, 1.807) is 12.1 Å². The lowest BCUT2D eigenvalue weighted by molar-refractivity contribution is 0.627. The molecule has 1 aromatic carbocycles. The van der Waals surface area contributed by atoms with E-state index in [0.717, 1.165) is 23.4 Å². The van der Waals surface area contributed by atoms with Crippen molar-refractivity contribution in [3.63, 3.8) is 0 Å². The molecule has 0 saturated heterocycles. The molecule has 0 fully saturated rings. The Bertz CT molecular complexity index is 455.